The third kappa shape index (κ3) is 6.84. The minimum Gasteiger partial charge on any atom is -0.491 e. The van der Waals surface area contributed by atoms with E-state index in [2.05, 4.69) is 18.0 Å². The zero-order valence-electron chi connectivity index (χ0n) is 20.3. The summed E-state index contributed by atoms with van der Waals surface area (Å²) in [6.45, 7) is 7.90. The van der Waals surface area contributed by atoms with Crippen molar-refractivity contribution in [2.45, 2.75) is 44.9 Å². The molecular formula is C28H34N2O4S. The Kier molecular flexibility index (Phi) is 8.79. The molecule has 3 aromatic rings. The number of aliphatic hydroxyl groups excluding tert-OH is 1. The van der Waals surface area contributed by atoms with E-state index in [9.17, 15) is 9.90 Å². The molecule has 4 rings (SSSR count). The van der Waals surface area contributed by atoms with Crippen LogP contribution in [0.3, 0.4) is 0 Å². The summed E-state index contributed by atoms with van der Waals surface area (Å²) in [6, 6.07) is 13.7. The van der Waals surface area contributed by atoms with E-state index in [0.29, 0.717) is 32.7 Å². The number of furan rings is 1. The van der Waals surface area contributed by atoms with Gasteiger partial charge in [-0.1, -0.05) is 23.8 Å². The summed E-state index contributed by atoms with van der Waals surface area (Å²) in [5.41, 5.74) is 2.35. The fraction of sp³-hybridized carbons (Fsp3) is 0.393. The summed E-state index contributed by atoms with van der Waals surface area (Å²) < 4.78 is 11.7. The van der Waals surface area contributed by atoms with E-state index in [-0.39, 0.29) is 18.5 Å². The number of amides is 1. The number of aliphatic hydroxyl groups is 1. The van der Waals surface area contributed by atoms with Crippen molar-refractivity contribution >= 4 is 17.2 Å². The number of carbonyl (C=O) groups excluding carboxylic acids is 1. The standard InChI is InChI=1S/C28H34N2O4S/c1-3-4-6-22(31)17-29(18-24-7-5-15-33-24)19-28(32)30-14-12-27-25(13-16-35-27)26(30)20-34-23-10-8-21(2)9-11-23/h3,5,7-11,13,15-16,22,26,31H,1,4,6,12,14,17-20H2,2H3/t22-,26+/m0/s1. The molecule has 7 heteroatoms. The molecule has 1 N–H and O–H groups in total. The van der Waals surface area contributed by atoms with Gasteiger partial charge in [-0.15, -0.1) is 17.9 Å². The largest absolute Gasteiger partial charge is 0.491 e. The Morgan fingerprint density at radius 1 is 1.34 bits per heavy atom. The smallest absolute Gasteiger partial charge is 0.237 e. The lowest BCUT2D eigenvalue weighted by atomic mass is 10.0. The Labute approximate surface area is 211 Å². The third-order valence-corrected chi connectivity index (χ3v) is 7.33. The Morgan fingerprint density at radius 2 is 2.17 bits per heavy atom. The monoisotopic (exact) mass is 494 g/mol. The Balaban J connectivity index is 1.47. The third-order valence-electron chi connectivity index (χ3n) is 6.34. The van der Waals surface area contributed by atoms with Crippen LogP contribution in [0.1, 0.15) is 40.6 Å². The molecule has 1 aromatic carbocycles. The minimum atomic E-state index is -0.540. The molecule has 0 bridgehead atoms. The van der Waals surface area contributed by atoms with E-state index in [1.165, 1.54) is 16.0 Å². The summed E-state index contributed by atoms with van der Waals surface area (Å²) in [6.07, 6.45) is 5.08. The van der Waals surface area contributed by atoms with Crippen LogP contribution >= 0.6 is 11.3 Å². The van der Waals surface area contributed by atoms with Gasteiger partial charge in [-0.25, -0.2) is 0 Å². The van der Waals surface area contributed by atoms with E-state index >= 15 is 0 Å². The van der Waals surface area contributed by atoms with Gasteiger partial charge in [-0.05, 0) is 67.5 Å². The number of ether oxygens (including phenoxy) is 1. The van der Waals surface area contributed by atoms with Gasteiger partial charge in [-0.2, -0.15) is 0 Å². The molecule has 6 nitrogen and oxygen atoms in total. The molecule has 0 saturated carbocycles. The van der Waals surface area contributed by atoms with Crippen LogP contribution in [-0.2, 0) is 17.8 Å². The van der Waals surface area contributed by atoms with Crippen LogP contribution < -0.4 is 4.74 Å². The zero-order chi connectivity index (χ0) is 24.6. The number of nitrogens with zero attached hydrogens (tertiary/aromatic N) is 2. The molecule has 1 aliphatic rings. The second-order valence-electron chi connectivity index (χ2n) is 9.04. The first-order chi connectivity index (χ1) is 17.0. The summed E-state index contributed by atoms with van der Waals surface area (Å²) in [7, 11) is 0. The molecule has 2 aromatic heterocycles. The Bertz CT molecular complexity index is 1080. The topological polar surface area (TPSA) is 66.2 Å². The van der Waals surface area contributed by atoms with Gasteiger partial charge < -0.3 is 19.2 Å². The molecule has 3 heterocycles. The highest BCUT2D eigenvalue weighted by Gasteiger charge is 2.33. The van der Waals surface area contributed by atoms with Gasteiger partial charge in [0.1, 0.15) is 18.1 Å². The number of thiophene rings is 1. The molecule has 35 heavy (non-hydrogen) atoms. The van der Waals surface area contributed by atoms with Crippen molar-refractivity contribution in [1.82, 2.24) is 9.80 Å². The van der Waals surface area contributed by atoms with Crippen LogP contribution in [0.4, 0.5) is 0 Å². The molecule has 2 atom stereocenters. The highest BCUT2D eigenvalue weighted by Crippen LogP contribution is 2.34. The molecule has 0 aliphatic carbocycles. The maximum absolute atomic E-state index is 13.6. The van der Waals surface area contributed by atoms with E-state index in [1.807, 2.05) is 53.1 Å². The van der Waals surface area contributed by atoms with Crippen LogP contribution in [0.5, 0.6) is 5.75 Å². The number of allylic oxidation sites excluding steroid dienone is 1. The van der Waals surface area contributed by atoms with Crippen molar-refractivity contribution in [1.29, 1.82) is 0 Å². The van der Waals surface area contributed by atoms with Crippen LogP contribution in [-0.4, -0.2) is 53.2 Å². The SMILES string of the molecule is C=CCC[C@H](O)CN(CC(=O)N1CCc2sccc2[C@H]1COc1ccc(C)cc1)Cc1ccco1. The quantitative estimate of drug-likeness (QED) is 0.360. The van der Waals surface area contributed by atoms with E-state index in [0.717, 1.165) is 24.4 Å². The number of carbonyl (C=O) groups is 1. The second kappa shape index (κ2) is 12.2. The summed E-state index contributed by atoms with van der Waals surface area (Å²) >= 11 is 1.74. The lowest BCUT2D eigenvalue weighted by Crippen LogP contribution is -2.47. The van der Waals surface area contributed by atoms with Crippen LogP contribution in [0.25, 0.3) is 0 Å². The normalized spacial score (nSPS) is 16.2. The molecule has 0 fully saturated rings. The van der Waals surface area contributed by atoms with Crippen molar-refractivity contribution in [2.75, 3.05) is 26.2 Å². The number of hydrogen-bond acceptors (Lipinski definition) is 6. The average Bonchev–Trinajstić information content (AvgIpc) is 3.54. The number of rotatable bonds is 12. The summed E-state index contributed by atoms with van der Waals surface area (Å²) in [5, 5.41) is 12.6. The van der Waals surface area contributed by atoms with Gasteiger partial charge in [0.2, 0.25) is 5.91 Å². The predicted octanol–water partition coefficient (Wildman–Crippen LogP) is 4.98. The molecule has 0 unspecified atom stereocenters. The van der Waals surface area contributed by atoms with Crippen molar-refractivity contribution in [3.05, 3.63) is 88.5 Å². The number of fused-ring (bicyclic) bond motifs is 1. The van der Waals surface area contributed by atoms with Gasteiger partial charge in [-0.3, -0.25) is 9.69 Å². The number of aryl methyl sites for hydroxylation is 1. The van der Waals surface area contributed by atoms with Gasteiger partial charge in [0, 0.05) is 18.0 Å². The van der Waals surface area contributed by atoms with Crippen LogP contribution in [0.2, 0.25) is 0 Å². The Hall–Kier alpha value is -2.87. The first-order valence-electron chi connectivity index (χ1n) is 12.1. The molecule has 0 saturated heterocycles. The molecule has 186 valence electrons. The zero-order valence-corrected chi connectivity index (χ0v) is 21.1. The summed E-state index contributed by atoms with van der Waals surface area (Å²) in [5.74, 6) is 1.60. The number of hydrogen-bond donors (Lipinski definition) is 1. The van der Waals surface area contributed by atoms with E-state index in [4.69, 9.17) is 9.15 Å². The first-order valence-corrected chi connectivity index (χ1v) is 13.0. The highest BCUT2D eigenvalue weighted by molar-refractivity contribution is 7.10. The molecule has 1 aliphatic heterocycles. The van der Waals surface area contributed by atoms with Crippen molar-refractivity contribution in [2.24, 2.45) is 0 Å². The maximum atomic E-state index is 13.6. The first kappa shape index (κ1) is 25.2. The van der Waals surface area contributed by atoms with Crippen molar-refractivity contribution < 1.29 is 19.1 Å². The lowest BCUT2D eigenvalue weighted by molar-refractivity contribution is -0.136. The van der Waals surface area contributed by atoms with Crippen LogP contribution in [0, 0.1) is 6.92 Å². The Morgan fingerprint density at radius 3 is 2.91 bits per heavy atom. The van der Waals surface area contributed by atoms with Crippen LogP contribution in [0.15, 0.2) is 71.2 Å². The highest BCUT2D eigenvalue weighted by atomic mass is 32.1. The average molecular weight is 495 g/mol. The van der Waals surface area contributed by atoms with Crippen molar-refractivity contribution in [3.8, 4) is 5.75 Å². The predicted molar refractivity (Wildman–Crippen MR) is 139 cm³/mol. The molecule has 1 amide bonds. The molecule has 0 spiro atoms. The fourth-order valence-corrected chi connectivity index (χ4v) is 5.40. The maximum Gasteiger partial charge on any atom is 0.237 e. The lowest BCUT2D eigenvalue weighted by Gasteiger charge is -2.37. The van der Waals surface area contributed by atoms with Gasteiger partial charge in [0.25, 0.3) is 0 Å². The van der Waals surface area contributed by atoms with Gasteiger partial charge in [0.05, 0.1) is 31.5 Å². The fourth-order valence-electron chi connectivity index (χ4n) is 4.47. The van der Waals surface area contributed by atoms with Crippen molar-refractivity contribution in [3.63, 3.8) is 0 Å². The van der Waals surface area contributed by atoms with Gasteiger partial charge >= 0.3 is 0 Å². The van der Waals surface area contributed by atoms with E-state index in [1.54, 1.807) is 23.7 Å². The van der Waals surface area contributed by atoms with Gasteiger partial charge in [0.15, 0.2) is 0 Å². The second-order valence-corrected chi connectivity index (χ2v) is 10.0. The summed E-state index contributed by atoms with van der Waals surface area (Å²) in [4.78, 5) is 18.9. The van der Waals surface area contributed by atoms with E-state index < -0.39 is 6.10 Å². The molecule has 0 radical (unpaired) electrons. The minimum absolute atomic E-state index is 0.0295. The number of benzene rings is 1. The molecular weight excluding hydrogens is 460 g/mol.